The van der Waals surface area contributed by atoms with Gasteiger partial charge in [-0.1, -0.05) is 30.4 Å². The molecule has 0 unspecified atom stereocenters. The molecule has 0 amide bonds. The van der Waals surface area contributed by atoms with E-state index in [0.717, 1.165) is 0 Å². The number of methoxy groups -OCH3 is 2. The highest BCUT2D eigenvalue weighted by atomic mass is 32.2. The van der Waals surface area contributed by atoms with Crippen molar-refractivity contribution in [3.63, 3.8) is 0 Å². The highest BCUT2D eigenvalue weighted by Crippen LogP contribution is 2.35. The summed E-state index contributed by atoms with van der Waals surface area (Å²) in [5.74, 6) is 0.157. The minimum Gasteiger partial charge on any atom is -0.497 e. The molecular formula is C25H28N2O6S. The minimum atomic E-state index is -3.95. The number of hydrogen-bond acceptors (Lipinski definition) is 7. The number of carbonyl (C=O) groups excluding carboxylic acids is 1. The Labute approximate surface area is 200 Å². The number of sulfonamides is 1. The van der Waals surface area contributed by atoms with Gasteiger partial charge in [0, 0.05) is 6.07 Å². The Morgan fingerprint density at radius 2 is 1.79 bits per heavy atom. The smallest absolute Gasteiger partial charge is 0.348 e. The van der Waals surface area contributed by atoms with Crippen molar-refractivity contribution < 1.29 is 27.4 Å². The molecule has 0 fully saturated rings. The summed E-state index contributed by atoms with van der Waals surface area (Å²) in [5, 5.41) is 9.28. The van der Waals surface area contributed by atoms with Crippen LogP contribution in [0.5, 0.6) is 11.5 Å². The first-order valence-corrected chi connectivity index (χ1v) is 12.0. The van der Waals surface area contributed by atoms with E-state index in [1.54, 1.807) is 62.4 Å². The molecule has 2 aromatic rings. The topological polar surface area (TPSA) is 106 Å². The molecule has 2 rings (SSSR count). The van der Waals surface area contributed by atoms with E-state index in [0.29, 0.717) is 22.8 Å². The van der Waals surface area contributed by atoms with Crippen LogP contribution in [-0.4, -0.2) is 41.8 Å². The molecule has 0 spiro atoms. The highest BCUT2D eigenvalue weighted by molar-refractivity contribution is 7.92. The van der Waals surface area contributed by atoms with Crippen LogP contribution in [0, 0.1) is 11.3 Å². The fourth-order valence-electron chi connectivity index (χ4n) is 3.09. The van der Waals surface area contributed by atoms with Crippen molar-refractivity contribution in [1.82, 2.24) is 0 Å². The number of ether oxygens (including phenoxy) is 3. The fraction of sp³-hybridized carbons (Fsp3) is 0.280. The van der Waals surface area contributed by atoms with Crippen LogP contribution in [0.1, 0.15) is 20.3 Å². The maximum atomic E-state index is 13.5. The number of anilines is 1. The zero-order valence-corrected chi connectivity index (χ0v) is 20.5. The molecule has 0 saturated heterocycles. The van der Waals surface area contributed by atoms with E-state index in [4.69, 9.17) is 14.2 Å². The molecule has 180 valence electrons. The summed E-state index contributed by atoms with van der Waals surface area (Å²) < 4.78 is 43.9. The van der Waals surface area contributed by atoms with E-state index in [1.165, 1.54) is 30.7 Å². The zero-order chi connectivity index (χ0) is 25.1. The summed E-state index contributed by atoms with van der Waals surface area (Å²) in [6.45, 7) is 3.47. The Bertz CT molecular complexity index is 1200. The standard InChI is InChI=1S/C25H28N2O6S/c1-5-33-25(28)22(18-26)19(2)11-9-10-16-27(34(29,30)21-12-7-6-8-13-21)23-17-20(31-3)14-15-24(23)32-4/h6-10,12-15,17H,5,11,16H2,1-4H3/b10-9+,22-19+. The zero-order valence-electron chi connectivity index (χ0n) is 19.6. The Balaban J connectivity index is 2.43. The number of rotatable bonds is 11. The third-order valence-corrected chi connectivity index (χ3v) is 6.66. The van der Waals surface area contributed by atoms with Crippen LogP contribution < -0.4 is 13.8 Å². The van der Waals surface area contributed by atoms with Crippen LogP contribution in [0.15, 0.2) is 76.7 Å². The first-order chi connectivity index (χ1) is 16.3. The van der Waals surface area contributed by atoms with Crippen molar-refractivity contribution in [2.24, 2.45) is 0 Å². The largest absolute Gasteiger partial charge is 0.497 e. The maximum absolute atomic E-state index is 13.5. The van der Waals surface area contributed by atoms with E-state index >= 15 is 0 Å². The number of carbonyl (C=O) groups is 1. The lowest BCUT2D eigenvalue weighted by molar-refractivity contribution is -0.138. The molecule has 0 saturated carbocycles. The van der Waals surface area contributed by atoms with Gasteiger partial charge in [0.2, 0.25) is 0 Å². The fourth-order valence-corrected chi connectivity index (χ4v) is 4.53. The maximum Gasteiger partial charge on any atom is 0.348 e. The second-order valence-corrected chi connectivity index (χ2v) is 8.91. The summed E-state index contributed by atoms with van der Waals surface area (Å²) in [4.78, 5) is 12.0. The molecule has 0 aliphatic carbocycles. The predicted molar refractivity (Wildman–Crippen MR) is 129 cm³/mol. The number of allylic oxidation sites excluding steroid dienone is 2. The SMILES string of the molecule is CCOC(=O)/C(C#N)=C(\C)C/C=C/CN(c1cc(OC)ccc1OC)S(=O)(=O)c1ccccc1. The normalized spacial score (nSPS) is 12.0. The molecule has 0 aliphatic rings. The number of esters is 1. The van der Waals surface area contributed by atoms with E-state index in [9.17, 15) is 18.5 Å². The van der Waals surface area contributed by atoms with Crippen molar-refractivity contribution in [1.29, 1.82) is 5.26 Å². The second-order valence-electron chi connectivity index (χ2n) is 7.05. The first-order valence-electron chi connectivity index (χ1n) is 10.5. The summed E-state index contributed by atoms with van der Waals surface area (Å²) in [6.07, 6.45) is 3.63. The van der Waals surface area contributed by atoms with Gasteiger partial charge in [0.25, 0.3) is 10.0 Å². The Hall–Kier alpha value is -3.77. The molecule has 34 heavy (non-hydrogen) atoms. The van der Waals surface area contributed by atoms with Gasteiger partial charge in [-0.2, -0.15) is 5.26 Å². The number of nitriles is 1. The van der Waals surface area contributed by atoms with E-state index < -0.39 is 16.0 Å². The van der Waals surface area contributed by atoms with Crippen molar-refractivity contribution >= 4 is 21.7 Å². The van der Waals surface area contributed by atoms with Crippen molar-refractivity contribution in [2.75, 3.05) is 31.7 Å². The van der Waals surface area contributed by atoms with E-state index in [-0.39, 0.29) is 30.0 Å². The Kier molecular flexibility index (Phi) is 9.71. The minimum absolute atomic E-state index is 0.0185. The Morgan fingerprint density at radius 1 is 1.09 bits per heavy atom. The molecule has 0 atom stereocenters. The number of hydrogen-bond donors (Lipinski definition) is 0. The van der Waals surface area contributed by atoms with Gasteiger partial charge in [-0.25, -0.2) is 13.2 Å². The number of benzene rings is 2. The lowest BCUT2D eigenvalue weighted by Gasteiger charge is -2.25. The van der Waals surface area contributed by atoms with Crippen LogP contribution in [0.25, 0.3) is 0 Å². The highest BCUT2D eigenvalue weighted by Gasteiger charge is 2.27. The molecule has 0 aromatic heterocycles. The second kappa shape index (κ2) is 12.5. The molecule has 0 aliphatic heterocycles. The van der Waals surface area contributed by atoms with E-state index in [2.05, 4.69) is 0 Å². The molecule has 8 nitrogen and oxygen atoms in total. The van der Waals surface area contributed by atoms with Crippen LogP contribution in [0.3, 0.4) is 0 Å². The van der Waals surface area contributed by atoms with Crippen molar-refractivity contribution in [3.8, 4) is 17.6 Å². The Morgan fingerprint density at radius 3 is 2.38 bits per heavy atom. The molecule has 0 radical (unpaired) electrons. The summed E-state index contributed by atoms with van der Waals surface area (Å²) in [5.41, 5.74) is 0.773. The van der Waals surface area contributed by atoms with Crippen LogP contribution in [0.4, 0.5) is 5.69 Å². The molecule has 0 heterocycles. The van der Waals surface area contributed by atoms with Crippen LogP contribution in [0.2, 0.25) is 0 Å². The summed E-state index contributed by atoms with van der Waals surface area (Å²) >= 11 is 0. The van der Waals surface area contributed by atoms with Gasteiger partial charge in [-0.15, -0.1) is 0 Å². The van der Waals surface area contributed by atoms with Gasteiger partial charge >= 0.3 is 5.97 Å². The lowest BCUT2D eigenvalue weighted by atomic mass is 10.1. The predicted octanol–water partition coefficient (Wildman–Crippen LogP) is 4.25. The lowest BCUT2D eigenvalue weighted by Crippen LogP contribution is -2.31. The summed E-state index contributed by atoms with van der Waals surface area (Å²) in [6, 6.07) is 14.8. The van der Waals surface area contributed by atoms with Crippen molar-refractivity contribution in [3.05, 3.63) is 71.8 Å². The van der Waals surface area contributed by atoms with Gasteiger partial charge in [0.1, 0.15) is 23.1 Å². The van der Waals surface area contributed by atoms with E-state index in [1.807, 2.05) is 6.07 Å². The monoisotopic (exact) mass is 484 g/mol. The van der Waals surface area contributed by atoms with Gasteiger partial charge in [-0.05, 0) is 50.1 Å². The third-order valence-electron chi connectivity index (χ3n) is 4.87. The average molecular weight is 485 g/mol. The van der Waals surface area contributed by atoms with Gasteiger partial charge in [0.05, 0.1) is 38.0 Å². The van der Waals surface area contributed by atoms with Crippen molar-refractivity contribution in [2.45, 2.75) is 25.2 Å². The third kappa shape index (κ3) is 6.39. The summed E-state index contributed by atoms with van der Waals surface area (Å²) in [7, 11) is -0.993. The average Bonchev–Trinajstić information content (AvgIpc) is 2.84. The van der Waals surface area contributed by atoms with Gasteiger partial charge < -0.3 is 14.2 Å². The molecular weight excluding hydrogens is 456 g/mol. The molecule has 0 N–H and O–H groups in total. The molecule has 0 bridgehead atoms. The first kappa shape index (κ1) is 26.5. The molecule has 2 aromatic carbocycles. The molecule has 9 heteroatoms. The number of nitrogens with zero attached hydrogens (tertiary/aromatic N) is 2. The van der Waals surface area contributed by atoms with Gasteiger partial charge in [0.15, 0.2) is 0 Å². The van der Waals surface area contributed by atoms with Gasteiger partial charge in [-0.3, -0.25) is 4.31 Å². The quantitative estimate of drug-likeness (QED) is 0.203. The van der Waals surface area contributed by atoms with Crippen LogP contribution >= 0.6 is 0 Å². The van der Waals surface area contributed by atoms with Crippen LogP contribution in [-0.2, 0) is 19.6 Å².